The fraction of sp³-hybridized carbons (Fsp3) is 0.105. The molecule has 146 valence electrons. The fourth-order valence-electron chi connectivity index (χ4n) is 2.67. The monoisotopic (exact) mass is 426 g/mol. The van der Waals surface area contributed by atoms with Crippen LogP contribution in [0.25, 0.3) is 10.4 Å². The second-order valence-electron chi connectivity index (χ2n) is 5.89. The standard InChI is InChI=1S/C19H14F3NO3S2/c1-11-6-2-5-9-16(11)28(26)23-14-10-15(27-17(14)18(24)25)12-7-3-4-8-13(12)19(20,21)22/h2-10H,1H3,(H,23,26)(H,24,25)/p+1. The molecule has 3 rings (SSSR count). The predicted molar refractivity (Wildman–Crippen MR) is 104 cm³/mol. The molecule has 0 saturated heterocycles. The van der Waals surface area contributed by atoms with E-state index >= 15 is 0 Å². The van der Waals surface area contributed by atoms with Crippen molar-refractivity contribution in [3.63, 3.8) is 0 Å². The highest BCUT2D eigenvalue weighted by atomic mass is 32.2. The number of aromatic carboxylic acids is 1. The van der Waals surface area contributed by atoms with Gasteiger partial charge in [0, 0.05) is 16.0 Å². The fourth-order valence-corrected chi connectivity index (χ4v) is 4.87. The van der Waals surface area contributed by atoms with Gasteiger partial charge >= 0.3 is 12.1 Å². The Bertz CT molecular complexity index is 1060. The van der Waals surface area contributed by atoms with Crippen LogP contribution in [-0.2, 0) is 21.4 Å². The van der Waals surface area contributed by atoms with Crippen LogP contribution in [0.1, 0.15) is 20.8 Å². The van der Waals surface area contributed by atoms with Crippen LogP contribution in [0.4, 0.5) is 18.9 Å². The van der Waals surface area contributed by atoms with E-state index in [-0.39, 0.29) is 21.0 Å². The molecule has 0 aliphatic heterocycles. The van der Waals surface area contributed by atoms with E-state index in [9.17, 15) is 27.3 Å². The molecule has 1 aromatic heterocycles. The molecule has 0 radical (unpaired) electrons. The highest BCUT2D eigenvalue weighted by Gasteiger charge is 2.34. The summed E-state index contributed by atoms with van der Waals surface area (Å²) < 4.78 is 55.2. The van der Waals surface area contributed by atoms with Crippen LogP contribution < -0.4 is 4.72 Å². The summed E-state index contributed by atoms with van der Waals surface area (Å²) in [5, 5.41) is 9.45. The Kier molecular flexibility index (Phi) is 5.57. The van der Waals surface area contributed by atoms with E-state index in [1.165, 1.54) is 24.3 Å². The third-order valence-electron chi connectivity index (χ3n) is 3.98. The topological polar surface area (TPSA) is 66.4 Å². The lowest BCUT2D eigenvalue weighted by atomic mass is 10.1. The summed E-state index contributed by atoms with van der Waals surface area (Å²) in [5.74, 6) is -1.31. The van der Waals surface area contributed by atoms with Gasteiger partial charge in [0.15, 0.2) is 15.9 Å². The number of halogens is 3. The lowest BCUT2D eigenvalue weighted by Crippen LogP contribution is -2.07. The van der Waals surface area contributed by atoms with Crippen LogP contribution in [0, 0.1) is 6.92 Å². The predicted octanol–water partition coefficient (Wildman–Crippen LogP) is 5.52. The SMILES string of the molecule is Cc1ccccc1[SH+](=O)Nc1cc(-c2ccccc2C(F)(F)F)sc1C(=O)O. The minimum absolute atomic E-state index is 0.0221. The second-order valence-corrected chi connectivity index (χ2v) is 8.24. The first-order chi connectivity index (χ1) is 13.2. The van der Waals surface area contributed by atoms with E-state index < -0.39 is 28.7 Å². The van der Waals surface area contributed by atoms with E-state index in [0.717, 1.165) is 11.6 Å². The molecule has 9 heteroatoms. The molecule has 3 aromatic rings. The van der Waals surface area contributed by atoms with Crippen molar-refractivity contribution in [3.05, 3.63) is 70.6 Å². The Labute approximate surface area is 165 Å². The summed E-state index contributed by atoms with van der Waals surface area (Å²) >= 11 is 0.702. The average Bonchev–Trinajstić information content (AvgIpc) is 3.05. The largest absolute Gasteiger partial charge is 0.477 e. The van der Waals surface area contributed by atoms with E-state index in [2.05, 4.69) is 4.72 Å². The molecule has 1 atom stereocenters. The van der Waals surface area contributed by atoms with Crippen molar-refractivity contribution in [1.29, 1.82) is 0 Å². The van der Waals surface area contributed by atoms with Gasteiger partial charge in [0.2, 0.25) is 0 Å². The number of carbonyl (C=O) groups is 1. The maximum absolute atomic E-state index is 13.3. The normalized spacial score (nSPS) is 12.6. The number of aryl methyl sites for hydroxylation is 1. The van der Waals surface area contributed by atoms with Crippen molar-refractivity contribution in [2.45, 2.75) is 18.0 Å². The van der Waals surface area contributed by atoms with Crippen molar-refractivity contribution in [2.24, 2.45) is 0 Å². The third-order valence-corrected chi connectivity index (χ3v) is 6.52. The maximum Gasteiger partial charge on any atom is 0.417 e. The van der Waals surface area contributed by atoms with Gasteiger partial charge < -0.3 is 5.11 Å². The van der Waals surface area contributed by atoms with Crippen LogP contribution in [0.5, 0.6) is 0 Å². The first-order valence-corrected chi connectivity index (χ1v) is 10.1. The van der Waals surface area contributed by atoms with Crippen LogP contribution in [-0.4, -0.2) is 11.1 Å². The molecule has 0 amide bonds. The van der Waals surface area contributed by atoms with Crippen LogP contribution >= 0.6 is 11.3 Å². The zero-order valence-corrected chi connectivity index (χ0v) is 16.2. The van der Waals surface area contributed by atoms with Gasteiger partial charge in [-0.15, -0.1) is 11.3 Å². The number of anilines is 1. The van der Waals surface area contributed by atoms with E-state index in [1.54, 1.807) is 31.2 Å². The van der Waals surface area contributed by atoms with E-state index in [4.69, 9.17) is 0 Å². The summed E-state index contributed by atoms with van der Waals surface area (Å²) in [6.07, 6.45) is -4.58. The molecule has 0 saturated carbocycles. The Morgan fingerprint density at radius 2 is 1.75 bits per heavy atom. The number of nitrogens with one attached hydrogen (secondary N) is 1. The molecule has 0 bridgehead atoms. The van der Waals surface area contributed by atoms with Crippen LogP contribution in [0.15, 0.2) is 59.5 Å². The Morgan fingerprint density at radius 3 is 2.39 bits per heavy atom. The van der Waals surface area contributed by atoms with E-state index in [0.29, 0.717) is 16.2 Å². The van der Waals surface area contributed by atoms with Crippen molar-refractivity contribution >= 4 is 34.0 Å². The second kappa shape index (κ2) is 7.76. The van der Waals surface area contributed by atoms with Crippen LogP contribution in [0.2, 0.25) is 0 Å². The van der Waals surface area contributed by atoms with Gasteiger partial charge in [-0.1, -0.05) is 40.6 Å². The van der Waals surface area contributed by atoms with Crippen LogP contribution in [0.3, 0.4) is 0 Å². The van der Waals surface area contributed by atoms with Gasteiger partial charge in [-0.3, -0.25) is 0 Å². The molecule has 1 heterocycles. The number of hydrogen-bond donors (Lipinski definition) is 2. The average molecular weight is 426 g/mol. The first-order valence-electron chi connectivity index (χ1n) is 8.01. The minimum Gasteiger partial charge on any atom is -0.477 e. The number of benzene rings is 2. The van der Waals surface area contributed by atoms with Gasteiger partial charge in [0.05, 0.1) is 5.56 Å². The highest BCUT2D eigenvalue weighted by molar-refractivity contribution is 7.86. The molecule has 0 aliphatic carbocycles. The van der Waals surface area contributed by atoms with Gasteiger partial charge in [0.1, 0.15) is 10.6 Å². The number of thiophene rings is 1. The molecule has 0 fully saturated rings. The maximum atomic E-state index is 13.3. The first kappa shape index (κ1) is 20.1. The molecule has 2 N–H and O–H groups in total. The minimum atomic E-state index is -4.58. The lowest BCUT2D eigenvalue weighted by molar-refractivity contribution is -0.137. The molecule has 28 heavy (non-hydrogen) atoms. The molecule has 1 unspecified atom stereocenters. The van der Waals surface area contributed by atoms with Crippen molar-refractivity contribution in [2.75, 3.05) is 4.72 Å². The summed E-state index contributed by atoms with van der Waals surface area (Å²) in [6, 6.07) is 13.1. The number of thiol groups is 1. The van der Waals surface area contributed by atoms with E-state index in [1.807, 2.05) is 0 Å². The van der Waals surface area contributed by atoms with Gasteiger partial charge in [-0.2, -0.15) is 13.2 Å². The number of hydrogen-bond acceptors (Lipinski definition) is 3. The summed E-state index contributed by atoms with van der Waals surface area (Å²) in [4.78, 5) is 12.0. The molecular weight excluding hydrogens is 411 g/mol. The Balaban J connectivity index is 2.04. The molecule has 2 aromatic carbocycles. The van der Waals surface area contributed by atoms with Crippen molar-refractivity contribution in [1.82, 2.24) is 0 Å². The molecular formula is C19H15F3NO3S2+. The smallest absolute Gasteiger partial charge is 0.417 e. The lowest BCUT2D eigenvalue weighted by Gasteiger charge is -2.10. The summed E-state index contributed by atoms with van der Waals surface area (Å²) in [5.41, 5.74) is -0.204. The zero-order valence-electron chi connectivity index (χ0n) is 14.4. The van der Waals surface area contributed by atoms with Gasteiger partial charge in [0.25, 0.3) is 0 Å². The Morgan fingerprint density at radius 1 is 1.11 bits per heavy atom. The number of alkyl halides is 3. The Hall–Kier alpha value is -2.65. The van der Waals surface area contributed by atoms with Gasteiger partial charge in [-0.25, -0.2) is 9.52 Å². The zero-order chi connectivity index (χ0) is 20.5. The number of carboxylic acids is 1. The molecule has 4 nitrogen and oxygen atoms in total. The third kappa shape index (κ3) is 4.10. The quantitative estimate of drug-likeness (QED) is 0.417. The summed E-state index contributed by atoms with van der Waals surface area (Å²) in [6.45, 7) is 1.76. The van der Waals surface area contributed by atoms with Crippen molar-refractivity contribution < 1.29 is 27.3 Å². The molecule has 0 spiro atoms. The summed E-state index contributed by atoms with van der Waals surface area (Å²) in [7, 11) is -2.18. The highest BCUT2D eigenvalue weighted by Crippen LogP contribution is 2.42. The van der Waals surface area contributed by atoms with Crippen molar-refractivity contribution in [3.8, 4) is 10.4 Å². The molecule has 0 aliphatic rings. The van der Waals surface area contributed by atoms with Gasteiger partial charge in [-0.05, 0) is 25.1 Å². The number of rotatable bonds is 5. The number of carboxylic acid groups (broad SMARTS) is 1.